The molecular formula is C9H17F3N2. The van der Waals surface area contributed by atoms with Crippen molar-refractivity contribution in [1.29, 1.82) is 0 Å². The second-order valence-corrected chi connectivity index (χ2v) is 3.77. The molecule has 0 aromatic carbocycles. The van der Waals surface area contributed by atoms with Crippen LogP contribution in [0.25, 0.3) is 0 Å². The summed E-state index contributed by atoms with van der Waals surface area (Å²) in [5, 5.41) is 5.66. The molecule has 0 atom stereocenters. The molecule has 14 heavy (non-hydrogen) atoms. The van der Waals surface area contributed by atoms with Crippen LogP contribution in [0.1, 0.15) is 19.3 Å². The summed E-state index contributed by atoms with van der Waals surface area (Å²) in [5.74, 6) is 0.594. The van der Waals surface area contributed by atoms with Gasteiger partial charge in [0.25, 0.3) is 0 Å². The molecule has 1 saturated heterocycles. The average molecular weight is 210 g/mol. The van der Waals surface area contributed by atoms with Crippen LogP contribution in [0.3, 0.4) is 0 Å². The number of nitrogens with one attached hydrogen (secondary N) is 2. The van der Waals surface area contributed by atoms with Gasteiger partial charge in [-0.05, 0) is 44.8 Å². The Kier molecular flexibility index (Phi) is 4.68. The normalized spacial score (nSPS) is 19.9. The van der Waals surface area contributed by atoms with E-state index in [1.54, 1.807) is 0 Å². The summed E-state index contributed by atoms with van der Waals surface area (Å²) < 4.78 is 35.2. The molecule has 84 valence electrons. The monoisotopic (exact) mass is 210 g/mol. The number of alkyl halides is 3. The molecule has 0 aromatic rings. The summed E-state index contributed by atoms with van der Waals surface area (Å²) >= 11 is 0. The molecule has 0 spiro atoms. The van der Waals surface area contributed by atoms with Gasteiger partial charge in [0.05, 0.1) is 6.54 Å². The Bertz CT molecular complexity index is 153. The lowest BCUT2D eigenvalue weighted by Gasteiger charge is -2.22. The predicted molar refractivity (Wildman–Crippen MR) is 49.1 cm³/mol. The molecular weight excluding hydrogens is 193 g/mol. The van der Waals surface area contributed by atoms with Gasteiger partial charge >= 0.3 is 6.18 Å². The molecule has 1 aliphatic rings. The second-order valence-electron chi connectivity index (χ2n) is 3.77. The van der Waals surface area contributed by atoms with Crippen molar-refractivity contribution in [3.05, 3.63) is 0 Å². The van der Waals surface area contributed by atoms with Gasteiger partial charge in [0.1, 0.15) is 0 Å². The van der Waals surface area contributed by atoms with Crippen LogP contribution in [-0.4, -0.2) is 32.4 Å². The summed E-state index contributed by atoms with van der Waals surface area (Å²) in [6, 6.07) is 0. The summed E-state index contributed by atoms with van der Waals surface area (Å²) in [7, 11) is 0. The van der Waals surface area contributed by atoms with Crippen molar-refractivity contribution in [2.24, 2.45) is 5.92 Å². The third-order valence-corrected chi connectivity index (χ3v) is 2.51. The SMILES string of the molecule is FC(F)(F)CNCCC1CCNCC1. The quantitative estimate of drug-likeness (QED) is 0.688. The minimum atomic E-state index is -4.08. The van der Waals surface area contributed by atoms with Gasteiger partial charge < -0.3 is 10.6 Å². The summed E-state index contributed by atoms with van der Waals surface area (Å²) in [4.78, 5) is 0. The van der Waals surface area contributed by atoms with Gasteiger partial charge in [-0.3, -0.25) is 0 Å². The predicted octanol–water partition coefficient (Wildman–Crippen LogP) is 1.53. The highest BCUT2D eigenvalue weighted by Gasteiger charge is 2.26. The van der Waals surface area contributed by atoms with E-state index >= 15 is 0 Å². The zero-order valence-corrected chi connectivity index (χ0v) is 8.16. The summed E-state index contributed by atoms with van der Waals surface area (Å²) in [6.07, 6.45) is -1.03. The number of rotatable bonds is 4. The first-order chi connectivity index (χ1) is 6.58. The zero-order valence-electron chi connectivity index (χ0n) is 8.16. The first kappa shape index (κ1) is 11.8. The standard InChI is InChI=1S/C9H17F3N2/c10-9(11,12)7-14-6-3-8-1-4-13-5-2-8/h8,13-14H,1-7H2. The van der Waals surface area contributed by atoms with Crippen LogP contribution in [0.15, 0.2) is 0 Å². The third kappa shape index (κ3) is 5.44. The van der Waals surface area contributed by atoms with Crippen LogP contribution in [0.5, 0.6) is 0 Å². The van der Waals surface area contributed by atoms with Crippen molar-refractivity contribution in [3.63, 3.8) is 0 Å². The molecule has 2 N–H and O–H groups in total. The van der Waals surface area contributed by atoms with E-state index < -0.39 is 12.7 Å². The number of hydrogen-bond acceptors (Lipinski definition) is 2. The Morgan fingerprint density at radius 3 is 2.43 bits per heavy atom. The van der Waals surface area contributed by atoms with Crippen LogP contribution >= 0.6 is 0 Å². The lowest BCUT2D eigenvalue weighted by molar-refractivity contribution is -0.124. The van der Waals surface area contributed by atoms with Gasteiger partial charge in [0.15, 0.2) is 0 Å². The van der Waals surface area contributed by atoms with E-state index in [2.05, 4.69) is 10.6 Å². The van der Waals surface area contributed by atoms with Crippen molar-refractivity contribution in [2.45, 2.75) is 25.4 Å². The molecule has 0 bridgehead atoms. The first-order valence-electron chi connectivity index (χ1n) is 5.06. The zero-order chi connectivity index (χ0) is 10.4. The Balaban J connectivity index is 1.97. The Hall–Kier alpha value is -0.290. The van der Waals surface area contributed by atoms with Crippen LogP contribution in [0.4, 0.5) is 13.2 Å². The van der Waals surface area contributed by atoms with E-state index in [4.69, 9.17) is 0 Å². The van der Waals surface area contributed by atoms with Gasteiger partial charge in [0.2, 0.25) is 0 Å². The topological polar surface area (TPSA) is 24.1 Å². The first-order valence-corrected chi connectivity index (χ1v) is 5.06. The molecule has 0 aromatic heterocycles. The molecule has 0 aliphatic carbocycles. The van der Waals surface area contributed by atoms with E-state index in [1.165, 1.54) is 0 Å². The molecule has 1 fully saturated rings. The molecule has 5 heteroatoms. The lowest BCUT2D eigenvalue weighted by atomic mass is 9.95. The number of piperidine rings is 1. The maximum atomic E-state index is 11.7. The van der Waals surface area contributed by atoms with Crippen molar-refractivity contribution in [3.8, 4) is 0 Å². The fourth-order valence-corrected chi connectivity index (χ4v) is 1.71. The van der Waals surface area contributed by atoms with E-state index in [0.29, 0.717) is 12.5 Å². The molecule has 0 saturated carbocycles. The minimum Gasteiger partial charge on any atom is -0.317 e. The molecule has 0 unspecified atom stereocenters. The third-order valence-electron chi connectivity index (χ3n) is 2.51. The minimum absolute atomic E-state index is 0.476. The molecule has 1 heterocycles. The molecule has 2 nitrogen and oxygen atoms in total. The van der Waals surface area contributed by atoms with Crippen LogP contribution in [0.2, 0.25) is 0 Å². The average Bonchev–Trinajstić information content (AvgIpc) is 2.13. The van der Waals surface area contributed by atoms with Crippen molar-refractivity contribution in [2.75, 3.05) is 26.2 Å². The van der Waals surface area contributed by atoms with Gasteiger partial charge in [-0.15, -0.1) is 0 Å². The van der Waals surface area contributed by atoms with Gasteiger partial charge in [0, 0.05) is 0 Å². The van der Waals surface area contributed by atoms with E-state index in [1.807, 2.05) is 0 Å². The van der Waals surface area contributed by atoms with E-state index in [-0.39, 0.29) is 0 Å². The van der Waals surface area contributed by atoms with Crippen LogP contribution < -0.4 is 10.6 Å². The van der Waals surface area contributed by atoms with Gasteiger partial charge in [-0.25, -0.2) is 0 Å². The van der Waals surface area contributed by atoms with Crippen molar-refractivity contribution in [1.82, 2.24) is 10.6 Å². The van der Waals surface area contributed by atoms with Crippen LogP contribution in [-0.2, 0) is 0 Å². The van der Waals surface area contributed by atoms with Gasteiger partial charge in [-0.1, -0.05) is 0 Å². The number of hydrogen-bond donors (Lipinski definition) is 2. The fraction of sp³-hybridized carbons (Fsp3) is 1.00. The molecule has 1 rings (SSSR count). The Morgan fingerprint density at radius 1 is 1.21 bits per heavy atom. The second kappa shape index (κ2) is 5.56. The molecule has 0 amide bonds. The van der Waals surface area contributed by atoms with E-state index in [0.717, 1.165) is 32.4 Å². The van der Waals surface area contributed by atoms with E-state index in [9.17, 15) is 13.2 Å². The number of halogens is 3. The summed E-state index contributed by atoms with van der Waals surface area (Å²) in [5.41, 5.74) is 0. The maximum Gasteiger partial charge on any atom is 0.401 e. The smallest absolute Gasteiger partial charge is 0.317 e. The van der Waals surface area contributed by atoms with Crippen molar-refractivity contribution >= 4 is 0 Å². The highest BCUT2D eigenvalue weighted by atomic mass is 19.4. The van der Waals surface area contributed by atoms with Gasteiger partial charge in [-0.2, -0.15) is 13.2 Å². The van der Waals surface area contributed by atoms with Crippen LogP contribution in [0, 0.1) is 5.92 Å². The maximum absolute atomic E-state index is 11.7. The fourth-order valence-electron chi connectivity index (χ4n) is 1.71. The molecule has 0 radical (unpaired) electrons. The largest absolute Gasteiger partial charge is 0.401 e. The van der Waals surface area contributed by atoms with Crippen molar-refractivity contribution < 1.29 is 13.2 Å². The highest BCUT2D eigenvalue weighted by molar-refractivity contribution is 4.69. The Labute approximate surface area is 82.2 Å². The Morgan fingerprint density at radius 2 is 1.86 bits per heavy atom. The summed E-state index contributed by atoms with van der Waals surface area (Å²) in [6.45, 7) is 1.62. The molecule has 1 aliphatic heterocycles. The highest BCUT2D eigenvalue weighted by Crippen LogP contribution is 2.16. The lowest BCUT2D eigenvalue weighted by Crippen LogP contribution is -2.33.